The van der Waals surface area contributed by atoms with Gasteiger partial charge in [0.1, 0.15) is 24.1 Å². The number of carbonyl (C=O) groups excluding carboxylic acids is 3. The molecule has 0 aliphatic carbocycles. The van der Waals surface area contributed by atoms with Crippen LogP contribution in [-0.2, 0) is 37.6 Å². The van der Waals surface area contributed by atoms with E-state index in [1.54, 1.807) is 36.3 Å². The van der Waals surface area contributed by atoms with Gasteiger partial charge in [0.15, 0.2) is 28.1 Å². The van der Waals surface area contributed by atoms with Gasteiger partial charge in [-0.3, -0.25) is 19.3 Å². The molecule has 2 atom stereocenters. The van der Waals surface area contributed by atoms with Crippen LogP contribution in [0.5, 0.6) is 11.5 Å². The average Bonchev–Trinajstić information content (AvgIpc) is 3.75. The summed E-state index contributed by atoms with van der Waals surface area (Å²) in [6, 6.07) is 11.5. The number of allylic oxidation sites excluding steroid dienone is 1. The molecule has 56 heavy (non-hydrogen) atoms. The van der Waals surface area contributed by atoms with E-state index < -0.39 is 46.4 Å². The summed E-state index contributed by atoms with van der Waals surface area (Å²) in [4.78, 5) is 74.1. The zero-order valence-electron chi connectivity index (χ0n) is 30.1. The molecule has 2 aromatic carbocycles. The van der Waals surface area contributed by atoms with Gasteiger partial charge in [-0.2, -0.15) is 0 Å². The number of imidazole rings is 1. The molecular weight excluding hydrogens is 767 g/mol. The van der Waals surface area contributed by atoms with Gasteiger partial charge in [0, 0.05) is 29.3 Å². The van der Waals surface area contributed by atoms with Crippen molar-refractivity contribution in [3.8, 4) is 11.5 Å². The SMILES string of the molecule is Cn1c[n+](Cc2ccc(C=CC3=C(C(=O)O)N4C(=O)[C@@H](CC(=O)/C(=N\OC(C)(C)C(=O)O)c5csc(N)n5)[C@H]4SC3)cc2)cc1C(=O)Nc1ccc(O)c(O)c1. The van der Waals surface area contributed by atoms with Gasteiger partial charge in [-0.1, -0.05) is 41.6 Å². The Morgan fingerprint density at radius 3 is 2.48 bits per heavy atom. The second-order valence-electron chi connectivity index (χ2n) is 13.4. The number of amides is 2. The Hall–Kier alpha value is -6.47. The zero-order valence-corrected chi connectivity index (χ0v) is 31.7. The number of nitrogen functional groups attached to an aromatic ring is 1. The number of nitrogens with two attached hydrogens (primary N) is 1. The second kappa shape index (κ2) is 15.7. The number of aromatic hydroxyl groups is 2. The first-order valence-electron chi connectivity index (χ1n) is 16.8. The number of anilines is 2. The molecule has 0 spiro atoms. The lowest BCUT2D eigenvalue weighted by Crippen LogP contribution is -2.62. The van der Waals surface area contributed by atoms with Crippen molar-refractivity contribution in [2.24, 2.45) is 18.1 Å². The van der Waals surface area contributed by atoms with Crippen LogP contribution < -0.4 is 15.6 Å². The molecule has 2 amide bonds. The maximum Gasteiger partial charge on any atom is 0.352 e. The number of carboxylic acids is 2. The third kappa shape index (κ3) is 8.27. The quantitative estimate of drug-likeness (QED) is 0.0268. The Morgan fingerprint density at radius 2 is 1.84 bits per heavy atom. The molecule has 6 rings (SSSR count). The standard InChI is InChI=1S/C37H35N7O10S2/c1-37(2,35(52)53)54-41-29(24-17-56-36(38)40-24)28(47)13-23-32(49)44-30(34(50)51)21(16-55-33(23)44)9-8-19-4-6-20(7-5-19)14-43-15-25(42(3)18-43)31(48)39-22-10-11-26(45)27(46)12-22/h4-12,15,17-18,23,33H,13-14,16H2,1-3H3,(H6-,38,39,40,41,45,46,47,48,50,51,52,53)/p+1/t23-,33-/m1/s1. The van der Waals surface area contributed by atoms with Crippen molar-refractivity contribution in [1.82, 2.24) is 14.5 Å². The molecule has 7 N–H and O–H groups in total. The number of phenols is 2. The van der Waals surface area contributed by atoms with Gasteiger partial charge < -0.3 is 36.3 Å². The second-order valence-corrected chi connectivity index (χ2v) is 15.4. The number of carboxylic acid groups (broad SMARTS) is 2. The Kier molecular flexibility index (Phi) is 11.0. The zero-order chi connectivity index (χ0) is 40.5. The first-order chi connectivity index (χ1) is 26.5. The minimum atomic E-state index is -1.76. The van der Waals surface area contributed by atoms with E-state index >= 15 is 0 Å². The Labute approximate surface area is 327 Å². The highest BCUT2D eigenvalue weighted by Gasteiger charge is 2.54. The number of hydrogen-bond acceptors (Lipinski definition) is 13. The lowest BCUT2D eigenvalue weighted by Gasteiger charge is -2.49. The number of aliphatic carboxylic acids is 2. The van der Waals surface area contributed by atoms with E-state index in [4.69, 9.17) is 10.6 Å². The number of Topliss-reactive ketones (excluding diaryl/α,β-unsaturated/α-hetero) is 1. The fraction of sp³-hybridized carbons (Fsp3) is 0.243. The predicted molar refractivity (Wildman–Crippen MR) is 205 cm³/mol. The first-order valence-corrected chi connectivity index (χ1v) is 18.8. The molecule has 0 unspecified atom stereocenters. The number of aryl methyl sites for hydroxylation is 1. The van der Waals surface area contributed by atoms with E-state index in [2.05, 4.69) is 15.5 Å². The number of benzene rings is 2. The summed E-state index contributed by atoms with van der Waals surface area (Å²) in [5.74, 6) is -5.47. The van der Waals surface area contributed by atoms with E-state index in [1.165, 1.54) is 54.1 Å². The number of aromatic nitrogens is 3. The van der Waals surface area contributed by atoms with Crippen LogP contribution in [0, 0.1) is 5.92 Å². The summed E-state index contributed by atoms with van der Waals surface area (Å²) < 4.78 is 3.48. The van der Waals surface area contributed by atoms with Crippen molar-refractivity contribution >= 4 is 75.2 Å². The Balaban J connectivity index is 1.11. The van der Waals surface area contributed by atoms with Crippen LogP contribution >= 0.6 is 23.1 Å². The monoisotopic (exact) mass is 802 g/mol. The van der Waals surface area contributed by atoms with Crippen molar-refractivity contribution in [2.45, 2.75) is 37.8 Å². The number of carbonyl (C=O) groups is 5. The molecule has 2 aliphatic rings. The first kappa shape index (κ1) is 39.2. The van der Waals surface area contributed by atoms with Gasteiger partial charge in [-0.25, -0.2) is 23.7 Å². The number of nitrogens with zero attached hydrogens (tertiary/aromatic N) is 5. The highest BCUT2D eigenvalue weighted by molar-refractivity contribution is 8.00. The van der Waals surface area contributed by atoms with Crippen LogP contribution in [0.3, 0.4) is 0 Å². The normalized spacial score (nSPS) is 17.1. The smallest absolute Gasteiger partial charge is 0.352 e. The molecule has 1 saturated heterocycles. The van der Waals surface area contributed by atoms with Crippen molar-refractivity contribution in [1.29, 1.82) is 0 Å². The number of thioether (sulfide) groups is 1. The van der Waals surface area contributed by atoms with Crippen LogP contribution in [0.1, 0.15) is 47.6 Å². The molecule has 4 aromatic rings. The fourth-order valence-corrected chi connectivity index (χ4v) is 7.78. The highest BCUT2D eigenvalue weighted by atomic mass is 32.2. The van der Waals surface area contributed by atoms with Crippen LogP contribution in [0.2, 0.25) is 0 Å². The summed E-state index contributed by atoms with van der Waals surface area (Å²) in [5.41, 5.74) is 6.35. The van der Waals surface area contributed by atoms with E-state index in [-0.39, 0.29) is 45.9 Å². The predicted octanol–water partition coefficient (Wildman–Crippen LogP) is 3.19. The molecule has 0 radical (unpaired) electrons. The van der Waals surface area contributed by atoms with Crippen molar-refractivity contribution in [3.05, 3.63) is 100 Å². The number of rotatable bonds is 14. The minimum Gasteiger partial charge on any atom is -0.504 e. The van der Waals surface area contributed by atoms with Gasteiger partial charge >= 0.3 is 11.9 Å². The number of fused-ring (bicyclic) bond motifs is 1. The Bertz CT molecular complexity index is 2350. The van der Waals surface area contributed by atoms with E-state index in [9.17, 15) is 44.4 Å². The lowest BCUT2D eigenvalue weighted by atomic mass is 9.89. The number of ketones is 1. The largest absolute Gasteiger partial charge is 0.504 e. The summed E-state index contributed by atoms with van der Waals surface area (Å²) in [6.45, 7) is 2.95. The summed E-state index contributed by atoms with van der Waals surface area (Å²) in [6.07, 6.45) is 6.48. The lowest BCUT2D eigenvalue weighted by molar-refractivity contribution is -0.687. The Morgan fingerprint density at radius 1 is 1.11 bits per heavy atom. The van der Waals surface area contributed by atoms with Gasteiger partial charge in [-0.05, 0) is 42.7 Å². The molecule has 17 nitrogen and oxygen atoms in total. The van der Waals surface area contributed by atoms with Gasteiger partial charge in [0.05, 0.1) is 18.3 Å². The third-order valence-electron chi connectivity index (χ3n) is 8.90. The molecule has 2 aromatic heterocycles. The fourth-order valence-electron chi connectivity index (χ4n) is 5.85. The molecule has 0 saturated carbocycles. The molecule has 1 fully saturated rings. The van der Waals surface area contributed by atoms with Gasteiger partial charge in [-0.15, -0.1) is 23.1 Å². The maximum absolute atomic E-state index is 13.5. The highest BCUT2D eigenvalue weighted by Crippen LogP contribution is 2.45. The summed E-state index contributed by atoms with van der Waals surface area (Å²) >= 11 is 2.36. The van der Waals surface area contributed by atoms with Gasteiger partial charge in [0.2, 0.25) is 23.5 Å². The van der Waals surface area contributed by atoms with Crippen LogP contribution in [0.25, 0.3) is 6.08 Å². The van der Waals surface area contributed by atoms with Crippen LogP contribution in [-0.4, -0.2) is 86.9 Å². The number of oxime groups is 1. The topological polar surface area (TPSA) is 251 Å². The number of phenolic OH excluding ortho intramolecular Hbond substituents is 2. The van der Waals surface area contributed by atoms with Crippen LogP contribution in [0.4, 0.5) is 10.8 Å². The summed E-state index contributed by atoms with van der Waals surface area (Å²) in [5, 5.41) is 46.3. The minimum absolute atomic E-state index is 0.0634. The maximum atomic E-state index is 13.5. The summed E-state index contributed by atoms with van der Waals surface area (Å²) in [7, 11) is 1.72. The molecule has 290 valence electrons. The number of hydrogen-bond donors (Lipinski definition) is 6. The third-order valence-corrected chi connectivity index (χ3v) is 10.9. The number of β-lactam (4-membered cyclic amide) rings is 1. The molecule has 4 heterocycles. The molecule has 0 bridgehead atoms. The van der Waals surface area contributed by atoms with Crippen molar-refractivity contribution in [3.63, 3.8) is 0 Å². The van der Waals surface area contributed by atoms with Gasteiger partial charge in [0.25, 0.3) is 5.91 Å². The van der Waals surface area contributed by atoms with E-state index in [0.717, 1.165) is 22.5 Å². The van der Waals surface area contributed by atoms with E-state index in [1.807, 2.05) is 28.8 Å². The number of nitrogens with one attached hydrogen (secondary N) is 1. The molecule has 2 aliphatic heterocycles. The van der Waals surface area contributed by atoms with Crippen molar-refractivity contribution in [2.75, 3.05) is 16.8 Å². The molecule has 19 heteroatoms. The average molecular weight is 803 g/mol. The van der Waals surface area contributed by atoms with Crippen molar-refractivity contribution < 1.29 is 53.8 Å². The van der Waals surface area contributed by atoms with Crippen LogP contribution in [0.15, 0.2) is 82.9 Å². The van der Waals surface area contributed by atoms with E-state index in [0.29, 0.717) is 23.5 Å². The number of thiazole rings is 1. The molecular formula is C37H36N7O10S2+.